The number of pyridine rings is 1. The Morgan fingerprint density at radius 1 is 1.25 bits per heavy atom. The van der Waals surface area contributed by atoms with E-state index in [1.54, 1.807) is 31.8 Å². The maximum absolute atomic E-state index is 15.4. The van der Waals surface area contributed by atoms with Crippen LogP contribution in [0.4, 0.5) is 19.0 Å². The van der Waals surface area contributed by atoms with E-state index in [-0.39, 0.29) is 35.1 Å². The Morgan fingerprint density at radius 2 is 1.98 bits per heavy atom. The number of rotatable bonds is 8. The molecule has 1 aromatic carbocycles. The molecule has 0 unspecified atom stereocenters. The summed E-state index contributed by atoms with van der Waals surface area (Å²) in [7, 11) is 3.50. The molecule has 0 aliphatic carbocycles. The van der Waals surface area contributed by atoms with Crippen LogP contribution in [0, 0.1) is 24.1 Å². The predicted molar refractivity (Wildman–Crippen MR) is 148 cm³/mol. The molecule has 212 valence electrons. The van der Waals surface area contributed by atoms with Crippen LogP contribution in [0.25, 0.3) is 10.9 Å². The smallest absolute Gasteiger partial charge is 0.298 e. The third kappa shape index (κ3) is 5.30. The molecule has 4 heterocycles. The SMILES string of the molecule is Cc1nc(NCc2cccc(C(F)(F)COC3CN(C)C3)c2F)c2cc(C3(C#N)CCSCC3)n(C)c(=O)c2n1. The first-order valence-corrected chi connectivity index (χ1v) is 14.3. The van der Waals surface area contributed by atoms with Crippen molar-refractivity contribution in [3.05, 3.63) is 63.1 Å². The van der Waals surface area contributed by atoms with Gasteiger partial charge in [0.15, 0.2) is 0 Å². The summed E-state index contributed by atoms with van der Waals surface area (Å²) in [6.45, 7) is 1.71. The maximum atomic E-state index is 15.4. The van der Waals surface area contributed by atoms with Gasteiger partial charge < -0.3 is 19.5 Å². The lowest BCUT2D eigenvalue weighted by Gasteiger charge is -2.36. The minimum atomic E-state index is -3.50. The van der Waals surface area contributed by atoms with Gasteiger partial charge in [-0.25, -0.2) is 14.4 Å². The summed E-state index contributed by atoms with van der Waals surface area (Å²) >= 11 is 1.77. The molecular weight excluding hydrogens is 541 g/mol. The average Bonchev–Trinajstić information content (AvgIpc) is 2.92. The number of ether oxygens (including phenoxy) is 1. The molecule has 2 aliphatic rings. The Kier molecular flexibility index (Phi) is 7.83. The van der Waals surface area contributed by atoms with Gasteiger partial charge in [-0.15, -0.1) is 0 Å². The zero-order valence-electron chi connectivity index (χ0n) is 22.6. The summed E-state index contributed by atoms with van der Waals surface area (Å²) in [6, 6.07) is 8.08. The van der Waals surface area contributed by atoms with Gasteiger partial charge in [0.2, 0.25) is 0 Å². The number of hydrogen-bond donors (Lipinski definition) is 1. The molecule has 0 atom stereocenters. The summed E-state index contributed by atoms with van der Waals surface area (Å²) in [5.74, 6) is -2.32. The summed E-state index contributed by atoms with van der Waals surface area (Å²) in [5.41, 5.74) is -1.15. The van der Waals surface area contributed by atoms with Gasteiger partial charge in [0.05, 0.1) is 28.5 Å². The molecular formula is C28H31F3N6O2S. The van der Waals surface area contributed by atoms with Gasteiger partial charge in [-0.2, -0.15) is 25.8 Å². The number of halogens is 3. The standard InChI is InChI=1S/C28H31F3N6O2S/c1-17-34-24-20(11-22(37(3)26(24)38)27(15-32)7-9-40-10-8-27)25(35-17)33-12-18-5-4-6-21(23(18)29)28(30,31)16-39-19-13-36(2)14-19/h4-6,11,19H,7-10,12-14,16H2,1-3H3,(H,33,34,35). The number of fused-ring (bicyclic) bond motifs is 1. The number of hydrogen-bond acceptors (Lipinski definition) is 8. The number of benzene rings is 1. The Labute approximate surface area is 234 Å². The van der Waals surface area contributed by atoms with Crippen LogP contribution >= 0.6 is 11.8 Å². The monoisotopic (exact) mass is 572 g/mol. The summed E-state index contributed by atoms with van der Waals surface area (Å²) in [6.07, 6.45) is 0.925. The highest BCUT2D eigenvalue weighted by Crippen LogP contribution is 2.39. The van der Waals surface area contributed by atoms with E-state index in [1.807, 2.05) is 11.9 Å². The number of nitriles is 1. The van der Waals surface area contributed by atoms with E-state index in [1.165, 1.54) is 16.7 Å². The summed E-state index contributed by atoms with van der Waals surface area (Å²) < 4.78 is 52.0. The molecule has 0 bridgehead atoms. The summed E-state index contributed by atoms with van der Waals surface area (Å²) in [4.78, 5) is 24.1. The van der Waals surface area contributed by atoms with Crippen LogP contribution in [0.3, 0.4) is 0 Å². The molecule has 0 saturated carbocycles. The zero-order chi connectivity index (χ0) is 28.7. The van der Waals surface area contributed by atoms with Crippen molar-refractivity contribution < 1.29 is 17.9 Å². The first kappa shape index (κ1) is 28.4. The van der Waals surface area contributed by atoms with Gasteiger partial charge in [0, 0.05) is 37.9 Å². The molecule has 0 amide bonds. The van der Waals surface area contributed by atoms with E-state index < -0.39 is 29.3 Å². The molecule has 12 heteroatoms. The second kappa shape index (κ2) is 11.0. The predicted octanol–water partition coefficient (Wildman–Crippen LogP) is 4.10. The van der Waals surface area contributed by atoms with E-state index in [2.05, 4.69) is 21.4 Å². The highest BCUT2D eigenvalue weighted by Gasteiger charge is 2.39. The van der Waals surface area contributed by atoms with Gasteiger partial charge in [0.1, 0.15) is 29.6 Å². The number of alkyl halides is 2. The van der Waals surface area contributed by atoms with Crippen molar-refractivity contribution in [1.29, 1.82) is 5.26 Å². The first-order chi connectivity index (χ1) is 19.0. The van der Waals surface area contributed by atoms with Crippen LogP contribution in [0.2, 0.25) is 0 Å². The third-order valence-electron chi connectivity index (χ3n) is 7.71. The van der Waals surface area contributed by atoms with E-state index >= 15 is 4.39 Å². The molecule has 0 spiro atoms. The average molecular weight is 573 g/mol. The minimum absolute atomic E-state index is 0.0202. The molecule has 2 fully saturated rings. The number of aromatic nitrogens is 3. The molecule has 1 N–H and O–H groups in total. The van der Waals surface area contributed by atoms with Crippen molar-refractivity contribution in [3.63, 3.8) is 0 Å². The Balaban J connectivity index is 1.45. The van der Waals surface area contributed by atoms with E-state index in [0.29, 0.717) is 42.8 Å². The topological polar surface area (TPSA) is 96.1 Å². The molecule has 2 aromatic heterocycles. The molecule has 40 heavy (non-hydrogen) atoms. The van der Waals surface area contributed by atoms with Gasteiger partial charge in [0.25, 0.3) is 11.5 Å². The third-order valence-corrected chi connectivity index (χ3v) is 8.69. The summed E-state index contributed by atoms with van der Waals surface area (Å²) in [5, 5.41) is 13.6. The van der Waals surface area contributed by atoms with E-state index in [9.17, 15) is 18.8 Å². The normalized spacial score (nSPS) is 17.9. The van der Waals surface area contributed by atoms with Crippen LogP contribution in [0.1, 0.15) is 35.5 Å². The fraction of sp³-hybridized carbons (Fsp3) is 0.500. The number of likely N-dealkylation sites (N-methyl/N-ethyl adjacent to an activating group) is 1. The van der Waals surface area contributed by atoms with Gasteiger partial charge in [-0.05, 0) is 50.5 Å². The van der Waals surface area contributed by atoms with Crippen LogP contribution in [-0.4, -0.2) is 63.8 Å². The Morgan fingerprint density at radius 3 is 2.65 bits per heavy atom. The fourth-order valence-corrected chi connectivity index (χ4v) is 6.54. The minimum Gasteiger partial charge on any atom is -0.369 e. The van der Waals surface area contributed by atoms with Gasteiger partial charge >= 0.3 is 0 Å². The highest BCUT2D eigenvalue weighted by molar-refractivity contribution is 7.99. The Hall–Kier alpha value is -3.14. The number of aryl methyl sites for hydroxylation is 1. The largest absolute Gasteiger partial charge is 0.369 e. The van der Waals surface area contributed by atoms with Crippen LogP contribution in [0.5, 0.6) is 0 Å². The van der Waals surface area contributed by atoms with Crippen LogP contribution < -0.4 is 10.9 Å². The molecule has 0 radical (unpaired) electrons. The molecule has 5 rings (SSSR count). The molecule has 3 aromatic rings. The lowest BCUT2D eigenvalue weighted by atomic mass is 9.79. The van der Waals surface area contributed by atoms with Crippen LogP contribution in [-0.2, 0) is 29.7 Å². The zero-order valence-corrected chi connectivity index (χ0v) is 23.5. The lowest BCUT2D eigenvalue weighted by molar-refractivity contribution is -0.134. The Bertz CT molecular complexity index is 1530. The van der Waals surface area contributed by atoms with Crippen molar-refractivity contribution in [1.82, 2.24) is 19.4 Å². The highest BCUT2D eigenvalue weighted by atomic mass is 32.2. The molecule has 8 nitrogen and oxygen atoms in total. The fourth-order valence-electron chi connectivity index (χ4n) is 5.35. The first-order valence-electron chi connectivity index (χ1n) is 13.1. The van der Waals surface area contributed by atoms with Crippen molar-refractivity contribution >= 4 is 28.5 Å². The number of nitrogens with zero attached hydrogens (tertiary/aromatic N) is 5. The van der Waals surface area contributed by atoms with Crippen molar-refractivity contribution in [3.8, 4) is 6.07 Å². The lowest BCUT2D eigenvalue weighted by Crippen LogP contribution is -2.50. The van der Waals surface area contributed by atoms with Gasteiger partial charge in [-0.1, -0.05) is 12.1 Å². The quantitative estimate of drug-likeness (QED) is 0.431. The number of anilines is 1. The van der Waals surface area contributed by atoms with Crippen molar-refractivity contribution in [2.75, 3.05) is 43.6 Å². The number of likely N-dealkylation sites (tertiary alicyclic amines) is 1. The maximum Gasteiger partial charge on any atom is 0.298 e. The number of nitrogens with one attached hydrogen (secondary N) is 1. The van der Waals surface area contributed by atoms with Gasteiger partial charge in [-0.3, -0.25) is 4.79 Å². The van der Waals surface area contributed by atoms with E-state index in [4.69, 9.17) is 4.74 Å². The second-order valence-electron chi connectivity index (χ2n) is 10.6. The van der Waals surface area contributed by atoms with Crippen LogP contribution in [0.15, 0.2) is 29.1 Å². The van der Waals surface area contributed by atoms with Crippen molar-refractivity contribution in [2.24, 2.45) is 7.05 Å². The van der Waals surface area contributed by atoms with E-state index in [0.717, 1.165) is 17.6 Å². The molecule has 2 aliphatic heterocycles. The molecule has 2 saturated heterocycles. The van der Waals surface area contributed by atoms with Crippen molar-refractivity contribution in [2.45, 2.75) is 43.8 Å². The second-order valence-corrected chi connectivity index (χ2v) is 11.8. The number of thioether (sulfide) groups is 1.